The third-order valence-electron chi connectivity index (χ3n) is 2.37. The van der Waals surface area contributed by atoms with Crippen molar-refractivity contribution < 1.29 is 23.2 Å². The minimum Gasteiger partial charge on any atom is -0.444 e. The SMILES string of the molecule is CC(C)(C)OC(=O)NCCC#Cc1cc([N+](=O)[O-])c(F)cc1F. The Morgan fingerprint density at radius 3 is 2.57 bits per heavy atom. The number of nitro benzene ring substituents is 1. The number of hydrogen-bond acceptors (Lipinski definition) is 4. The van der Waals surface area contributed by atoms with Gasteiger partial charge < -0.3 is 10.1 Å². The molecule has 1 rings (SSSR count). The Morgan fingerprint density at radius 1 is 1.35 bits per heavy atom. The first-order chi connectivity index (χ1) is 10.6. The zero-order valence-corrected chi connectivity index (χ0v) is 12.9. The van der Waals surface area contributed by atoms with Crippen molar-refractivity contribution in [2.24, 2.45) is 0 Å². The van der Waals surface area contributed by atoms with Crippen LogP contribution in [0.3, 0.4) is 0 Å². The molecule has 0 fully saturated rings. The first-order valence-corrected chi connectivity index (χ1v) is 6.69. The van der Waals surface area contributed by atoms with Crippen LogP contribution in [0, 0.1) is 33.6 Å². The molecule has 23 heavy (non-hydrogen) atoms. The number of carbonyl (C=O) groups excluding carboxylic acids is 1. The Balaban J connectivity index is 2.62. The van der Waals surface area contributed by atoms with Crippen molar-refractivity contribution in [2.45, 2.75) is 32.8 Å². The van der Waals surface area contributed by atoms with E-state index in [1.807, 2.05) is 0 Å². The molecule has 0 aliphatic rings. The summed E-state index contributed by atoms with van der Waals surface area (Å²) in [6, 6.07) is 1.15. The van der Waals surface area contributed by atoms with Crippen LogP contribution in [0.25, 0.3) is 0 Å². The minimum atomic E-state index is -1.26. The summed E-state index contributed by atoms with van der Waals surface area (Å²) in [4.78, 5) is 21.0. The first-order valence-electron chi connectivity index (χ1n) is 6.69. The van der Waals surface area contributed by atoms with Crippen LogP contribution in [0.5, 0.6) is 0 Å². The number of rotatable bonds is 3. The molecule has 6 nitrogen and oxygen atoms in total. The average molecular weight is 326 g/mol. The number of hydrogen-bond donors (Lipinski definition) is 1. The summed E-state index contributed by atoms with van der Waals surface area (Å²) in [7, 11) is 0. The zero-order chi connectivity index (χ0) is 17.6. The summed E-state index contributed by atoms with van der Waals surface area (Å²) in [6.45, 7) is 5.32. The number of nitro groups is 1. The van der Waals surface area contributed by atoms with Crippen LogP contribution < -0.4 is 5.32 Å². The van der Waals surface area contributed by atoms with E-state index >= 15 is 0 Å². The number of halogens is 2. The van der Waals surface area contributed by atoms with Crippen molar-refractivity contribution in [1.82, 2.24) is 5.32 Å². The van der Waals surface area contributed by atoms with Crippen LogP contribution in [0.15, 0.2) is 12.1 Å². The molecule has 0 aliphatic heterocycles. The van der Waals surface area contributed by atoms with Gasteiger partial charge in [0.1, 0.15) is 11.4 Å². The summed E-state index contributed by atoms with van der Waals surface area (Å²) < 4.78 is 31.6. The fourth-order valence-corrected chi connectivity index (χ4v) is 1.47. The number of benzene rings is 1. The molecule has 1 aromatic carbocycles. The van der Waals surface area contributed by atoms with Crippen LogP contribution in [0.2, 0.25) is 0 Å². The van der Waals surface area contributed by atoms with Crippen molar-refractivity contribution >= 4 is 11.8 Å². The maximum Gasteiger partial charge on any atom is 0.407 e. The Kier molecular flexibility index (Phi) is 6.02. The van der Waals surface area contributed by atoms with E-state index in [9.17, 15) is 23.7 Å². The van der Waals surface area contributed by atoms with Gasteiger partial charge in [0, 0.05) is 25.1 Å². The summed E-state index contributed by atoms with van der Waals surface area (Å²) in [6.07, 6.45) is -0.438. The molecule has 124 valence electrons. The van der Waals surface area contributed by atoms with E-state index in [4.69, 9.17) is 4.74 Å². The lowest BCUT2D eigenvalue weighted by Crippen LogP contribution is -2.32. The lowest BCUT2D eigenvalue weighted by Gasteiger charge is -2.19. The number of nitrogens with one attached hydrogen (secondary N) is 1. The highest BCUT2D eigenvalue weighted by Gasteiger charge is 2.17. The van der Waals surface area contributed by atoms with Gasteiger partial charge in [-0.3, -0.25) is 10.1 Å². The topological polar surface area (TPSA) is 81.5 Å². The molecule has 0 aromatic heterocycles. The van der Waals surface area contributed by atoms with Crippen molar-refractivity contribution in [3.63, 3.8) is 0 Å². The van der Waals surface area contributed by atoms with E-state index < -0.39 is 33.9 Å². The van der Waals surface area contributed by atoms with E-state index in [-0.39, 0.29) is 18.5 Å². The Hall–Kier alpha value is -2.69. The van der Waals surface area contributed by atoms with E-state index in [0.29, 0.717) is 6.07 Å². The second-order valence-corrected chi connectivity index (χ2v) is 5.52. The van der Waals surface area contributed by atoms with Crippen LogP contribution in [-0.2, 0) is 4.74 Å². The quantitative estimate of drug-likeness (QED) is 0.400. The molecule has 0 spiro atoms. The zero-order valence-electron chi connectivity index (χ0n) is 12.9. The van der Waals surface area contributed by atoms with Crippen LogP contribution in [-0.4, -0.2) is 23.2 Å². The van der Waals surface area contributed by atoms with Gasteiger partial charge in [-0.15, -0.1) is 0 Å². The maximum absolute atomic E-state index is 13.5. The van der Waals surface area contributed by atoms with E-state index in [1.165, 1.54) is 0 Å². The average Bonchev–Trinajstić information content (AvgIpc) is 2.38. The van der Waals surface area contributed by atoms with Gasteiger partial charge in [0.25, 0.3) is 0 Å². The minimum absolute atomic E-state index is 0.160. The molecule has 0 unspecified atom stereocenters. The standard InChI is InChI=1S/C15H16F2N2O4/c1-15(2,3)23-14(20)18-7-5-4-6-10-8-13(19(21)22)12(17)9-11(10)16/h8-9H,5,7H2,1-3H3,(H,18,20). The summed E-state index contributed by atoms with van der Waals surface area (Å²) >= 11 is 0. The van der Waals surface area contributed by atoms with E-state index in [2.05, 4.69) is 17.2 Å². The van der Waals surface area contributed by atoms with Crippen molar-refractivity contribution in [1.29, 1.82) is 0 Å². The highest BCUT2D eigenvalue weighted by Crippen LogP contribution is 2.20. The molecule has 8 heteroatoms. The van der Waals surface area contributed by atoms with Crippen molar-refractivity contribution in [3.8, 4) is 11.8 Å². The molecule has 1 aromatic rings. The number of ether oxygens (including phenoxy) is 1. The van der Waals surface area contributed by atoms with Gasteiger partial charge >= 0.3 is 11.8 Å². The summed E-state index contributed by atoms with van der Waals surface area (Å²) in [5, 5.41) is 13.0. The van der Waals surface area contributed by atoms with E-state index in [1.54, 1.807) is 20.8 Å². The number of carbonyl (C=O) groups is 1. The third-order valence-corrected chi connectivity index (χ3v) is 2.37. The molecule has 1 amide bonds. The molecule has 1 N–H and O–H groups in total. The predicted octanol–water partition coefficient (Wildman–Crippen LogP) is 3.14. The van der Waals surface area contributed by atoms with Gasteiger partial charge in [-0.05, 0) is 20.8 Å². The lowest BCUT2D eigenvalue weighted by atomic mass is 10.2. The summed E-state index contributed by atoms with van der Waals surface area (Å²) in [5.41, 5.74) is -1.75. The van der Waals surface area contributed by atoms with Crippen LogP contribution in [0.1, 0.15) is 32.8 Å². The fourth-order valence-electron chi connectivity index (χ4n) is 1.47. The molecule has 0 saturated heterocycles. The van der Waals surface area contributed by atoms with Gasteiger partial charge in [0.05, 0.1) is 10.5 Å². The highest BCUT2D eigenvalue weighted by atomic mass is 19.1. The van der Waals surface area contributed by atoms with Gasteiger partial charge in [-0.25, -0.2) is 9.18 Å². The van der Waals surface area contributed by atoms with Crippen LogP contribution in [0.4, 0.5) is 19.3 Å². The second-order valence-electron chi connectivity index (χ2n) is 5.52. The predicted molar refractivity (Wildman–Crippen MR) is 78.7 cm³/mol. The van der Waals surface area contributed by atoms with Gasteiger partial charge in [-0.1, -0.05) is 11.8 Å². The van der Waals surface area contributed by atoms with E-state index in [0.717, 1.165) is 6.07 Å². The van der Waals surface area contributed by atoms with Crippen LogP contribution >= 0.6 is 0 Å². The largest absolute Gasteiger partial charge is 0.444 e. The molecular weight excluding hydrogens is 310 g/mol. The maximum atomic E-state index is 13.5. The number of amides is 1. The molecule has 0 heterocycles. The molecule has 0 atom stereocenters. The lowest BCUT2D eigenvalue weighted by molar-refractivity contribution is -0.387. The Labute approximate surface area is 132 Å². The van der Waals surface area contributed by atoms with Crippen molar-refractivity contribution in [3.05, 3.63) is 39.4 Å². The molecular formula is C15H16F2N2O4. The molecule has 0 aliphatic carbocycles. The fraction of sp³-hybridized carbons (Fsp3) is 0.400. The van der Waals surface area contributed by atoms with Crippen molar-refractivity contribution in [2.75, 3.05) is 6.54 Å². The Morgan fingerprint density at radius 2 is 2.00 bits per heavy atom. The first kappa shape index (κ1) is 18.4. The van der Waals surface area contributed by atoms with Gasteiger partial charge in [0.15, 0.2) is 0 Å². The Bertz CT molecular complexity index is 673. The third kappa shape index (κ3) is 6.30. The van der Waals surface area contributed by atoms with Gasteiger partial charge in [-0.2, -0.15) is 4.39 Å². The van der Waals surface area contributed by atoms with Gasteiger partial charge in [0.2, 0.25) is 5.82 Å². The smallest absolute Gasteiger partial charge is 0.407 e. The normalized spacial score (nSPS) is 10.5. The monoisotopic (exact) mass is 326 g/mol. The molecule has 0 bridgehead atoms. The number of nitrogens with zero attached hydrogens (tertiary/aromatic N) is 1. The summed E-state index contributed by atoms with van der Waals surface area (Å²) in [5.74, 6) is 2.67. The highest BCUT2D eigenvalue weighted by molar-refractivity contribution is 5.67. The molecule has 0 radical (unpaired) electrons. The number of alkyl carbamates (subject to hydrolysis) is 1. The second kappa shape index (κ2) is 7.54. The molecule has 0 saturated carbocycles.